The number of halogens is 1. The van der Waals surface area contributed by atoms with E-state index in [4.69, 9.17) is 26.8 Å². The average Bonchev–Trinajstić information content (AvgIpc) is 2.37. The lowest BCUT2D eigenvalue weighted by Crippen LogP contribution is -2.38. The molecular formula is C14H23ClN2O2. The molecule has 0 saturated carbocycles. The molecule has 0 saturated heterocycles. The van der Waals surface area contributed by atoms with Crippen molar-refractivity contribution in [2.75, 3.05) is 39.7 Å². The molecule has 1 rings (SSSR count). The van der Waals surface area contributed by atoms with Crippen molar-refractivity contribution in [1.29, 1.82) is 0 Å². The van der Waals surface area contributed by atoms with Gasteiger partial charge in [-0.15, -0.1) is 0 Å². The first-order valence-electron chi connectivity index (χ1n) is 6.34. The Morgan fingerprint density at radius 1 is 1.32 bits per heavy atom. The predicted octanol–water partition coefficient (Wildman–Crippen LogP) is 2.41. The number of anilines is 1. The molecule has 2 N–H and O–H groups in total. The van der Waals surface area contributed by atoms with Gasteiger partial charge in [0.15, 0.2) is 0 Å². The zero-order valence-electron chi connectivity index (χ0n) is 11.9. The van der Waals surface area contributed by atoms with Crippen molar-refractivity contribution >= 4 is 17.3 Å². The van der Waals surface area contributed by atoms with Crippen LogP contribution in [0.25, 0.3) is 0 Å². The van der Waals surface area contributed by atoms with E-state index in [2.05, 4.69) is 11.8 Å². The van der Waals surface area contributed by atoms with Crippen LogP contribution in [0.2, 0.25) is 5.02 Å². The Bertz CT molecular complexity index is 388. The lowest BCUT2D eigenvalue weighted by Gasteiger charge is -2.29. The van der Waals surface area contributed by atoms with E-state index in [-0.39, 0.29) is 0 Å². The second kappa shape index (κ2) is 8.38. The number of methoxy groups -OCH3 is 2. The van der Waals surface area contributed by atoms with E-state index in [0.29, 0.717) is 24.3 Å². The van der Waals surface area contributed by atoms with Crippen LogP contribution in [0.15, 0.2) is 18.2 Å². The van der Waals surface area contributed by atoms with E-state index in [1.165, 1.54) is 0 Å². The molecular weight excluding hydrogens is 264 g/mol. The molecule has 0 radical (unpaired) electrons. The van der Waals surface area contributed by atoms with Gasteiger partial charge in [-0.25, -0.2) is 0 Å². The van der Waals surface area contributed by atoms with Crippen molar-refractivity contribution in [3.8, 4) is 0 Å². The number of nitrogens with two attached hydrogens (primary N) is 1. The van der Waals surface area contributed by atoms with Crippen molar-refractivity contribution in [2.45, 2.75) is 19.5 Å². The molecule has 0 fully saturated rings. The molecule has 1 unspecified atom stereocenters. The molecule has 0 bridgehead atoms. The third-order valence-electron chi connectivity index (χ3n) is 3.10. The first kappa shape index (κ1) is 16.2. The fourth-order valence-corrected chi connectivity index (χ4v) is 2.12. The molecule has 1 aromatic carbocycles. The van der Waals surface area contributed by atoms with Crippen LogP contribution in [-0.4, -0.2) is 44.9 Å². The van der Waals surface area contributed by atoms with E-state index in [1.807, 2.05) is 12.1 Å². The summed E-state index contributed by atoms with van der Waals surface area (Å²) in [6, 6.07) is 5.92. The number of rotatable bonds is 8. The number of benzene rings is 1. The summed E-state index contributed by atoms with van der Waals surface area (Å²) < 4.78 is 10.4. The Labute approximate surface area is 120 Å². The van der Waals surface area contributed by atoms with Crippen LogP contribution in [-0.2, 0) is 16.0 Å². The number of nitrogens with zero attached hydrogens (tertiary/aromatic N) is 1. The smallest absolute Gasteiger partial charge is 0.0615 e. The van der Waals surface area contributed by atoms with Crippen LogP contribution in [0.1, 0.15) is 12.5 Å². The largest absolute Gasteiger partial charge is 0.398 e. The second-order valence-electron chi connectivity index (χ2n) is 4.61. The van der Waals surface area contributed by atoms with Crippen molar-refractivity contribution in [1.82, 2.24) is 4.90 Å². The van der Waals surface area contributed by atoms with Crippen LogP contribution < -0.4 is 5.73 Å². The molecule has 5 heteroatoms. The highest BCUT2D eigenvalue weighted by atomic mass is 35.5. The van der Waals surface area contributed by atoms with Crippen molar-refractivity contribution in [3.63, 3.8) is 0 Å². The van der Waals surface area contributed by atoms with Gasteiger partial charge in [-0.1, -0.05) is 17.7 Å². The van der Waals surface area contributed by atoms with E-state index in [0.717, 1.165) is 24.3 Å². The van der Waals surface area contributed by atoms with Gasteiger partial charge in [-0.3, -0.25) is 4.90 Å². The maximum atomic E-state index is 6.00. The molecule has 0 amide bonds. The predicted molar refractivity (Wildman–Crippen MR) is 79.5 cm³/mol. The molecule has 1 atom stereocenters. The number of ether oxygens (including phenoxy) is 2. The molecule has 0 aliphatic heterocycles. The Morgan fingerprint density at radius 3 is 2.63 bits per heavy atom. The topological polar surface area (TPSA) is 47.7 Å². The number of hydrogen-bond donors (Lipinski definition) is 1. The Balaban J connectivity index is 2.74. The summed E-state index contributed by atoms with van der Waals surface area (Å²) in [5.74, 6) is 0. The summed E-state index contributed by atoms with van der Waals surface area (Å²) in [7, 11) is 3.41. The fourth-order valence-electron chi connectivity index (χ4n) is 1.94. The van der Waals surface area contributed by atoms with Crippen LogP contribution >= 0.6 is 11.6 Å². The van der Waals surface area contributed by atoms with E-state index in [9.17, 15) is 0 Å². The molecule has 0 aliphatic rings. The minimum absolute atomic E-state index is 0.301. The highest BCUT2D eigenvalue weighted by Crippen LogP contribution is 2.20. The van der Waals surface area contributed by atoms with Crippen molar-refractivity contribution < 1.29 is 9.47 Å². The molecule has 4 nitrogen and oxygen atoms in total. The van der Waals surface area contributed by atoms with Crippen LogP contribution in [0.3, 0.4) is 0 Å². The summed E-state index contributed by atoms with van der Waals surface area (Å²) in [5.41, 5.74) is 7.79. The van der Waals surface area contributed by atoms with Gasteiger partial charge in [0.2, 0.25) is 0 Å². The third-order valence-corrected chi connectivity index (χ3v) is 3.33. The van der Waals surface area contributed by atoms with Gasteiger partial charge in [0.25, 0.3) is 0 Å². The van der Waals surface area contributed by atoms with E-state index >= 15 is 0 Å². The van der Waals surface area contributed by atoms with Gasteiger partial charge in [-0.05, 0) is 24.6 Å². The Hall–Kier alpha value is -0.810. The molecule has 0 spiro atoms. The monoisotopic (exact) mass is 286 g/mol. The lowest BCUT2D eigenvalue weighted by molar-refractivity contribution is 0.0706. The zero-order chi connectivity index (χ0) is 14.3. The lowest BCUT2D eigenvalue weighted by atomic mass is 10.1. The normalized spacial score (nSPS) is 12.9. The molecule has 0 aromatic heterocycles. The standard InChI is InChI=1S/C14H23ClN2O2/c1-11(10-19-3)17(6-7-18-2)9-12-4-5-13(15)8-14(12)16/h4-5,8,11H,6-7,9-10,16H2,1-3H3. The summed E-state index contributed by atoms with van der Waals surface area (Å²) in [6.07, 6.45) is 0. The zero-order valence-corrected chi connectivity index (χ0v) is 12.6. The molecule has 0 aliphatic carbocycles. The van der Waals surface area contributed by atoms with Crippen molar-refractivity contribution in [3.05, 3.63) is 28.8 Å². The Kier molecular flexibility index (Phi) is 7.16. The van der Waals surface area contributed by atoms with Gasteiger partial charge < -0.3 is 15.2 Å². The highest BCUT2D eigenvalue weighted by Gasteiger charge is 2.15. The summed E-state index contributed by atoms with van der Waals surface area (Å²) >= 11 is 5.92. The second-order valence-corrected chi connectivity index (χ2v) is 5.05. The number of hydrogen-bond acceptors (Lipinski definition) is 4. The van der Waals surface area contributed by atoms with Gasteiger partial charge in [0.05, 0.1) is 13.2 Å². The fraction of sp³-hybridized carbons (Fsp3) is 0.571. The number of nitrogen functional groups attached to an aromatic ring is 1. The maximum absolute atomic E-state index is 6.00. The molecule has 1 aromatic rings. The summed E-state index contributed by atoms with van der Waals surface area (Å²) in [6.45, 7) is 5.09. The van der Waals surface area contributed by atoms with E-state index in [1.54, 1.807) is 20.3 Å². The minimum Gasteiger partial charge on any atom is -0.398 e. The molecule has 0 heterocycles. The van der Waals surface area contributed by atoms with Gasteiger partial charge in [0.1, 0.15) is 0 Å². The maximum Gasteiger partial charge on any atom is 0.0615 e. The molecule has 108 valence electrons. The quantitative estimate of drug-likeness (QED) is 0.746. The SMILES string of the molecule is COCCN(Cc1ccc(Cl)cc1N)C(C)COC. The summed E-state index contributed by atoms with van der Waals surface area (Å²) in [5, 5.41) is 0.662. The van der Waals surface area contributed by atoms with Crippen LogP contribution in [0, 0.1) is 0 Å². The van der Waals surface area contributed by atoms with Gasteiger partial charge >= 0.3 is 0 Å². The van der Waals surface area contributed by atoms with Crippen molar-refractivity contribution in [2.24, 2.45) is 0 Å². The molecule has 19 heavy (non-hydrogen) atoms. The van der Waals surface area contributed by atoms with E-state index < -0.39 is 0 Å². The van der Waals surface area contributed by atoms with Crippen LogP contribution in [0.4, 0.5) is 5.69 Å². The van der Waals surface area contributed by atoms with Gasteiger partial charge in [-0.2, -0.15) is 0 Å². The minimum atomic E-state index is 0.301. The third kappa shape index (κ3) is 5.37. The average molecular weight is 287 g/mol. The first-order valence-corrected chi connectivity index (χ1v) is 6.72. The summed E-state index contributed by atoms with van der Waals surface area (Å²) in [4.78, 5) is 2.28. The first-order chi connectivity index (χ1) is 9.08. The van der Waals surface area contributed by atoms with Crippen LogP contribution in [0.5, 0.6) is 0 Å². The highest BCUT2D eigenvalue weighted by molar-refractivity contribution is 6.30. The van der Waals surface area contributed by atoms with Gasteiger partial charge in [0, 0.05) is 44.1 Å². The Morgan fingerprint density at radius 2 is 2.05 bits per heavy atom.